The van der Waals surface area contributed by atoms with Gasteiger partial charge in [-0.3, -0.25) is 4.57 Å². The molecule has 0 spiro atoms. The van der Waals surface area contributed by atoms with Crippen molar-refractivity contribution >= 4 is 28.1 Å². The van der Waals surface area contributed by atoms with Crippen molar-refractivity contribution in [3.8, 4) is 0 Å². The average Bonchev–Trinajstić information content (AvgIpc) is 3.41. The number of aliphatic hydroxyl groups excluding tert-OH is 3. The van der Waals surface area contributed by atoms with E-state index >= 15 is 0 Å². The zero-order chi connectivity index (χ0) is 20.5. The van der Waals surface area contributed by atoms with E-state index in [1.807, 2.05) is 0 Å². The van der Waals surface area contributed by atoms with Crippen LogP contribution in [-0.2, 0) is 4.74 Å². The Morgan fingerprint density at radius 3 is 2.76 bits per heavy atom. The molecule has 4 aromatic heterocycles. The third-order valence-corrected chi connectivity index (χ3v) is 4.31. The third kappa shape index (κ3) is 3.44. The summed E-state index contributed by atoms with van der Waals surface area (Å²) in [5.41, 5.74) is 7.30. The summed E-state index contributed by atoms with van der Waals surface area (Å²) in [6, 6.07) is 0. The number of aromatic nitrogens is 8. The SMILES string of the molecule is Nc1nc(F)nc2c1ncn2[C@@H]1O[C@H](CO)[C@@H](O)[C@@H]1O.c1ncc2[nH]cnc2n1. The second kappa shape index (κ2) is 7.59. The van der Waals surface area contributed by atoms with Gasteiger partial charge < -0.3 is 30.8 Å². The molecule has 0 aromatic carbocycles. The minimum atomic E-state index is -1.32. The molecular formula is C15H16FN9O4. The first-order valence-electron chi connectivity index (χ1n) is 8.36. The predicted octanol–water partition coefficient (Wildman–Crippen LogP) is -1.49. The van der Waals surface area contributed by atoms with Crippen LogP contribution in [0.2, 0.25) is 0 Å². The Labute approximate surface area is 161 Å². The average molecular weight is 405 g/mol. The summed E-state index contributed by atoms with van der Waals surface area (Å²) in [5.74, 6) is -0.141. The van der Waals surface area contributed by atoms with Crippen molar-refractivity contribution in [3.05, 3.63) is 31.3 Å². The van der Waals surface area contributed by atoms with Crippen LogP contribution < -0.4 is 5.73 Å². The van der Waals surface area contributed by atoms with Gasteiger partial charge in [0.15, 0.2) is 28.9 Å². The van der Waals surface area contributed by atoms with E-state index in [9.17, 15) is 14.6 Å². The second-order valence-electron chi connectivity index (χ2n) is 6.09. The molecule has 1 fully saturated rings. The Bertz CT molecular complexity index is 1110. The quantitative estimate of drug-likeness (QED) is 0.244. The van der Waals surface area contributed by atoms with E-state index in [-0.39, 0.29) is 17.0 Å². The summed E-state index contributed by atoms with van der Waals surface area (Å²) >= 11 is 0. The number of hydrogen-bond acceptors (Lipinski definition) is 11. The summed E-state index contributed by atoms with van der Waals surface area (Å²) in [6.45, 7) is -0.465. The van der Waals surface area contributed by atoms with E-state index < -0.39 is 37.2 Å². The van der Waals surface area contributed by atoms with Crippen LogP contribution in [0.15, 0.2) is 25.2 Å². The molecular weight excluding hydrogens is 389 g/mol. The lowest BCUT2D eigenvalue weighted by molar-refractivity contribution is -0.0511. The standard InChI is InChI=1S/C10H12FN5O4.C5H4N4/c11-10-14-7(12)4-8(15-10)16(2-13-4)9-6(19)5(18)3(1-17)20-9;1-4-5(8-2-6-1)9-3-7-4/h2-3,5-6,9,17-19H,1H2,(H2,12,14,15);1-3H,(H,6,7,8,9)/t3-,5-,6+,9-;/m1./s1. The zero-order valence-corrected chi connectivity index (χ0v) is 14.7. The number of anilines is 1. The van der Waals surface area contributed by atoms with Crippen LogP contribution in [0, 0.1) is 6.08 Å². The van der Waals surface area contributed by atoms with E-state index in [1.165, 1.54) is 17.2 Å². The number of hydrogen-bond donors (Lipinski definition) is 5. The van der Waals surface area contributed by atoms with Gasteiger partial charge in [-0.1, -0.05) is 0 Å². The number of aliphatic hydroxyl groups is 3. The van der Waals surface area contributed by atoms with Crippen LogP contribution in [0.25, 0.3) is 22.3 Å². The van der Waals surface area contributed by atoms with Crippen molar-refractivity contribution in [2.24, 2.45) is 0 Å². The number of nitrogen functional groups attached to an aromatic ring is 1. The number of nitrogens with one attached hydrogen (secondary N) is 1. The van der Waals surface area contributed by atoms with Crippen molar-refractivity contribution in [2.75, 3.05) is 12.3 Å². The number of aromatic amines is 1. The fraction of sp³-hybridized carbons (Fsp3) is 0.333. The maximum atomic E-state index is 13.2. The number of halogens is 1. The molecule has 0 radical (unpaired) electrons. The lowest BCUT2D eigenvalue weighted by atomic mass is 10.1. The fourth-order valence-corrected chi connectivity index (χ4v) is 2.90. The lowest BCUT2D eigenvalue weighted by Crippen LogP contribution is -2.33. The number of ether oxygens (including phenoxy) is 1. The first-order valence-corrected chi connectivity index (χ1v) is 8.36. The summed E-state index contributed by atoms with van der Waals surface area (Å²) in [7, 11) is 0. The van der Waals surface area contributed by atoms with Gasteiger partial charge in [0.25, 0.3) is 0 Å². The molecule has 0 saturated carbocycles. The molecule has 1 aliphatic rings. The molecule has 0 bridgehead atoms. The van der Waals surface area contributed by atoms with Crippen molar-refractivity contribution in [2.45, 2.75) is 24.5 Å². The van der Waals surface area contributed by atoms with Crippen LogP contribution in [-0.4, -0.2) is 79.7 Å². The third-order valence-electron chi connectivity index (χ3n) is 4.31. The van der Waals surface area contributed by atoms with Gasteiger partial charge >= 0.3 is 6.08 Å². The van der Waals surface area contributed by atoms with E-state index in [2.05, 4.69) is 34.9 Å². The zero-order valence-electron chi connectivity index (χ0n) is 14.7. The van der Waals surface area contributed by atoms with E-state index in [4.69, 9.17) is 15.6 Å². The van der Waals surface area contributed by atoms with Crippen LogP contribution >= 0.6 is 0 Å². The van der Waals surface area contributed by atoms with Gasteiger partial charge in [0, 0.05) is 0 Å². The summed E-state index contributed by atoms with van der Waals surface area (Å²) < 4.78 is 19.8. The van der Waals surface area contributed by atoms with Gasteiger partial charge in [0.1, 0.15) is 30.2 Å². The normalized spacial score (nSPS) is 24.0. The number of rotatable bonds is 2. The van der Waals surface area contributed by atoms with Crippen molar-refractivity contribution in [1.82, 2.24) is 39.5 Å². The number of nitrogens with two attached hydrogens (primary N) is 1. The van der Waals surface area contributed by atoms with E-state index in [0.29, 0.717) is 5.65 Å². The highest BCUT2D eigenvalue weighted by Crippen LogP contribution is 2.31. The lowest BCUT2D eigenvalue weighted by Gasteiger charge is -2.16. The van der Waals surface area contributed by atoms with E-state index in [0.717, 1.165) is 5.52 Å². The summed E-state index contributed by atoms with van der Waals surface area (Å²) in [4.78, 5) is 25.3. The Morgan fingerprint density at radius 1 is 1.21 bits per heavy atom. The van der Waals surface area contributed by atoms with Gasteiger partial charge in [-0.15, -0.1) is 0 Å². The second-order valence-corrected chi connectivity index (χ2v) is 6.09. The molecule has 5 rings (SSSR count). The topological polar surface area (TPSA) is 194 Å². The highest BCUT2D eigenvalue weighted by atomic mass is 19.1. The highest BCUT2D eigenvalue weighted by molar-refractivity contribution is 5.81. The smallest absolute Gasteiger partial charge is 0.312 e. The van der Waals surface area contributed by atoms with Gasteiger partial charge in [-0.2, -0.15) is 14.4 Å². The van der Waals surface area contributed by atoms with Gasteiger partial charge in [-0.05, 0) is 0 Å². The Balaban J connectivity index is 0.000000188. The van der Waals surface area contributed by atoms with Crippen LogP contribution in [0.4, 0.5) is 10.2 Å². The maximum absolute atomic E-state index is 13.2. The van der Waals surface area contributed by atoms with Crippen molar-refractivity contribution in [1.29, 1.82) is 0 Å². The molecule has 6 N–H and O–H groups in total. The fourth-order valence-electron chi connectivity index (χ4n) is 2.90. The van der Waals surface area contributed by atoms with Gasteiger partial charge in [0.2, 0.25) is 0 Å². The van der Waals surface area contributed by atoms with Gasteiger partial charge in [-0.25, -0.2) is 19.9 Å². The number of fused-ring (bicyclic) bond motifs is 2. The summed E-state index contributed by atoms with van der Waals surface area (Å²) in [5, 5.41) is 28.7. The highest BCUT2D eigenvalue weighted by Gasteiger charge is 2.44. The molecule has 13 nitrogen and oxygen atoms in total. The van der Waals surface area contributed by atoms with E-state index in [1.54, 1.807) is 12.5 Å². The molecule has 4 aromatic rings. The molecule has 29 heavy (non-hydrogen) atoms. The number of imidazole rings is 2. The molecule has 0 unspecified atom stereocenters. The maximum Gasteiger partial charge on any atom is 0.312 e. The minimum absolute atomic E-state index is 0.0323. The molecule has 1 aliphatic heterocycles. The Morgan fingerprint density at radius 2 is 2.03 bits per heavy atom. The Kier molecular flexibility index (Phi) is 4.98. The van der Waals surface area contributed by atoms with Crippen LogP contribution in [0.5, 0.6) is 0 Å². The van der Waals surface area contributed by atoms with Crippen LogP contribution in [0.1, 0.15) is 6.23 Å². The molecule has 4 atom stereocenters. The Hall–Kier alpha value is -3.33. The van der Waals surface area contributed by atoms with Crippen molar-refractivity contribution in [3.63, 3.8) is 0 Å². The first kappa shape index (κ1) is 19.0. The molecule has 1 saturated heterocycles. The largest absolute Gasteiger partial charge is 0.394 e. The number of nitrogens with zero attached hydrogens (tertiary/aromatic N) is 7. The molecule has 152 valence electrons. The van der Waals surface area contributed by atoms with Crippen LogP contribution in [0.3, 0.4) is 0 Å². The number of H-pyrrole nitrogens is 1. The van der Waals surface area contributed by atoms with Gasteiger partial charge in [0.05, 0.1) is 25.5 Å². The molecule has 0 aliphatic carbocycles. The first-order chi connectivity index (χ1) is 14.0. The molecule has 0 amide bonds. The minimum Gasteiger partial charge on any atom is -0.394 e. The van der Waals surface area contributed by atoms with Crippen molar-refractivity contribution < 1.29 is 24.4 Å². The summed E-state index contributed by atoms with van der Waals surface area (Å²) in [6.07, 6.45) is 0.379. The monoisotopic (exact) mass is 405 g/mol. The predicted molar refractivity (Wildman–Crippen MR) is 94.4 cm³/mol. The molecule has 14 heteroatoms. The molecule has 5 heterocycles.